The van der Waals surface area contributed by atoms with Crippen LogP contribution in [0.2, 0.25) is 0 Å². The highest BCUT2D eigenvalue weighted by atomic mass is 19.4. The van der Waals surface area contributed by atoms with Crippen LogP contribution in [0.1, 0.15) is 5.56 Å². The predicted molar refractivity (Wildman–Crippen MR) is 57.8 cm³/mol. The number of alkyl halides is 3. The standard InChI is InChI=1S/C13H6F6O/c14-8-6-9(20-7-4-2-1-3-5-7)11(15)12(16)10(8)13(17,18)19/h1-6H. The zero-order valence-corrected chi connectivity index (χ0v) is 9.64. The first-order chi connectivity index (χ1) is 9.30. The number of hydrogen-bond donors (Lipinski definition) is 0. The molecule has 2 rings (SSSR count). The Morgan fingerprint density at radius 3 is 2.00 bits per heavy atom. The molecule has 2 aromatic rings. The number of hydrogen-bond acceptors (Lipinski definition) is 1. The van der Waals surface area contributed by atoms with Crippen molar-refractivity contribution >= 4 is 0 Å². The van der Waals surface area contributed by atoms with E-state index in [1.165, 1.54) is 24.3 Å². The Kier molecular flexibility index (Phi) is 3.61. The molecular weight excluding hydrogens is 286 g/mol. The Morgan fingerprint density at radius 2 is 1.45 bits per heavy atom. The van der Waals surface area contributed by atoms with E-state index >= 15 is 0 Å². The van der Waals surface area contributed by atoms with Gasteiger partial charge in [-0.25, -0.2) is 8.78 Å². The normalized spacial score (nSPS) is 11.5. The summed E-state index contributed by atoms with van der Waals surface area (Å²) in [6.07, 6.45) is -5.33. The van der Waals surface area contributed by atoms with Crippen LogP contribution in [0, 0.1) is 17.5 Å². The molecular formula is C13H6F6O. The lowest BCUT2D eigenvalue weighted by Crippen LogP contribution is -2.13. The zero-order chi connectivity index (χ0) is 14.9. The molecule has 0 aliphatic heterocycles. The van der Waals surface area contributed by atoms with Crippen LogP contribution in [-0.2, 0) is 6.18 Å². The smallest absolute Gasteiger partial charge is 0.422 e. The van der Waals surface area contributed by atoms with E-state index < -0.39 is 34.9 Å². The SMILES string of the molecule is Fc1cc(Oc2ccccc2)c(F)c(F)c1C(F)(F)F. The van der Waals surface area contributed by atoms with Gasteiger partial charge in [0, 0.05) is 6.07 Å². The van der Waals surface area contributed by atoms with E-state index in [0.717, 1.165) is 0 Å². The monoisotopic (exact) mass is 292 g/mol. The summed E-state index contributed by atoms with van der Waals surface area (Å²) in [6.45, 7) is 0. The Morgan fingerprint density at radius 1 is 0.850 bits per heavy atom. The van der Waals surface area contributed by atoms with Crippen molar-refractivity contribution in [1.82, 2.24) is 0 Å². The summed E-state index contributed by atoms with van der Waals surface area (Å²) in [5.41, 5.74) is -2.28. The number of benzene rings is 2. The fraction of sp³-hybridized carbons (Fsp3) is 0.0769. The second kappa shape index (κ2) is 5.07. The Hall–Kier alpha value is -2.18. The summed E-state index contributed by atoms with van der Waals surface area (Å²) in [5.74, 6) is -7.10. The number of rotatable bonds is 2. The summed E-state index contributed by atoms with van der Waals surface area (Å²) in [6, 6.07) is 7.49. The largest absolute Gasteiger partial charge is 0.454 e. The quantitative estimate of drug-likeness (QED) is 0.564. The van der Waals surface area contributed by atoms with Crippen LogP contribution in [0.25, 0.3) is 0 Å². The van der Waals surface area contributed by atoms with Crippen molar-refractivity contribution in [3.63, 3.8) is 0 Å². The van der Waals surface area contributed by atoms with Crippen LogP contribution in [0.3, 0.4) is 0 Å². The molecule has 0 saturated carbocycles. The van der Waals surface area contributed by atoms with Gasteiger partial charge in [0.15, 0.2) is 11.6 Å². The summed E-state index contributed by atoms with van der Waals surface area (Å²) >= 11 is 0. The van der Waals surface area contributed by atoms with E-state index in [-0.39, 0.29) is 11.8 Å². The Bertz CT molecular complexity index is 621. The molecule has 0 aliphatic rings. The fourth-order valence-corrected chi connectivity index (χ4v) is 1.52. The van der Waals surface area contributed by atoms with Crippen LogP contribution < -0.4 is 4.74 Å². The van der Waals surface area contributed by atoms with Crippen LogP contribution in [-0.4, -0.2) is 0 Å². The van der Waals surface area contributed by atoms with Gasteiger partial charge >= 0.3 is 6.18 Å². The van der Waals surface area contributed by atoms with E-state index in [2.05, 4.69) is 0 Å². The van der Waals surface area contributed by atoms with Crippen molar-refractivity contribution in [3.8, 4) is 11.5 Å². The Balaban J connectivity index is 2.48. The van der Waals surface area contributed by atoms with Crippen molar-refractivity contribution in [2.45, 2.75) is 6.18 Å². The van der Waals surface area contributed by atoms with Gasteiger partial charge in [-0.1, -0.05) is 18.2 Å². The average molecular weight is 292 g/mol. The number of halogens is 6. The second-order valence-corrected chi connectivity index (χ2v) is 3.77. The van der Waals surface area contributed by atoms with Gasteiger partial charge in [0.1, 0.15) is 17.1 Å². The summed E-state index contributed by atoms with van der Waals surface area (Å²) < 4.78 is 82.0. The molecule has 0 radical (unpaired) electrons. The van der Waals surface area contributed by atoms with E-state index in [1.54, 1.807) is 6.07 Å². The van der Waals surface area contributed by atoms with Crippen LogP contribution in [0.15, 0.2) is 36.4 Å². The van der Waals surface area contributed by atoms with Crippen molar-refractivity contribution < 1.29 is 31.1 Å². The van der Waals surface area contributed by atoms with Gasteiger partial charge in [0.2, 0.25) is 5.82 Å². The van der Waals surface area contributed by atoms with Gasteiger partial charge in [-0.15, -0.1) is 0 Å². The molecule has 0 aliphatic carbocycles. The molecule has 0 aromatic heterocycles. The van der Waals surface area contributed by atoms with Crippen molar-refractivity contribution in [1.29, 1.82) is 0 Å². The molecule has 2 aromatic carbocycles. The molecule has 0 N–H and O–H groups in total. The molecule has 0 amide bonds. The third kappa shape index (κ3) is 2.71. The molecule has 0 bridgehead atoms. The maximum Gasteiger partial charge on any atom is 0.422 e. The number of para-hydroxylation sites is 1. The molecule has 7 heteroatoms. The minimum absolute atomic E-state index is 0.0324. The summed E-state index contributed by atoms with van der Waals surface area (Å²) in [7, 11) is 0. The molecule has 0 spiro atoms. The van der Waals surface area contributed by atoms with Gasteiger partial charge in [-0.05, 0) is 12.1 Å². The first-order valence-electron chi connectivity index (χ1n) is 5.28. The van der Waals surface area contributed by atoms with E-state index in [1.807, 2.05) is 0 Å². The number of ether oxygens (including phenoxy) is 1. The van der Waals surface area contributed by atoms with Crippen LogP contribution in [0.4, 0.5) is 26.3 Å². The van der Waals surface area contributed by atoms with Gasteiger partial charge in [0.05, 0.1) is 0 Å². The maximum absolute atomic E-state index is 13.5. The Labute approximate surface area is 109 Å². The van der Waals surface area contributed by atoms with Gasteiger partial charge in [-0.3, -0.25) is 0 Å². The maximum atomic E-state index is 13.5. The van der Waals surface area contributed by atoms with E-state index in [0.29, 0.717) is 0 Å². The average Bonchev–Trinajstić information content (AvgIpc) is 2.35. The minimum Gasteiger partial charge on any atom is -0.454 e. The van der Waals surface area contributed by atoms with Crippen LogP contribution >= 0.6 is 0 Å². The third-order valence-electron chi connectivity index (χ3n) is 2.38. The molecule has 20 heavy (non-hydrogen) atoms. The molecule has 0 fully saturated rings. The molecule has 0 heterocycles. The minimum atomic E-state index is -5.33. The summed E-state index contributed by atoms with van der Waals surface area (Å²) in [5, 5.41) is 0. The third-order valence-corrected chi connectivity index (χ3v) is 2.38. The molecule has 1 nitrogen and oxygen atoms in total. The molecule has 0 saturated heterocycles. The van der Waals surface area contributed by atoms with Crippen molar-refractivity contribution in [3.05, 3.63) is 59.4 Å². The van der Waals surface area contributed by atoms with Gasteiger partial charge in [0.25, 0.3) is 0 Å². The molecule has 0 unspecified atom stereocenters. The van der Waals surface area contributed by atoms with Gasteiger partial charge < -0.3 is 4.74 Å². The fourth-order valence-electron chi connectivity index (χ4n) is 1.52. The lowest BCUT2D eigenvalue weighted by atomic mass is 10.1. The first kappa shape index (κ1) is 14.2. The molecule has 106 valence electrons. The topological polar surface area (TPSA) is 9.23 Å². The molecule has 0 atom stereocenters. The lowest BCUT2D eigenvalue weighted by Gasteiger charge is -2.13. The second-order valence-electron chi connectivity index (χ2n) is 3.77. The zero-order valence-electron chi connectivity index (χ0n) is 9.64. The van der Waals surface area contributed by atoms with E-state index in [9.17, 15) is 26.3 Å². The highest BCUT2D eigenvalue weighted by molar-refractivity contribution is 5.37. The highest BCUT2D eigenvalue weighted by Crippen LogP contribution is 2.38. The van der Waals surface area contributed by atoms with Crippen molar-refractivity contribution in [2.75, 3.05) is 0 Å². The highest BCUT2D eigenvalue weighted by Gasteiger charge is 2.40. The summed E-state index contributed by atoms with van der Waals surface area (Å²) in [4.78, 5) is 0. The predicted octanol–water partition coefficient (Wildman–Crippen LogP) is 4.92. The van der Waals surface area contributed by atoms with Gasteiger partial charge in [-0.2, -0.15) is 17.6 Å². The van der Waals surface area contributed by atoms with E-state index in [4.69, 9.17) is 4.74 Å². The first-order valence-corrected chi connectivity index (χ1v) is 5.28. The van der Waals surface area contributed by atoms with Crippen LogP contribution in [0.5, 0.6) is 11.5 Å². The lowest BCUT2D eigenvalue weighted by molar-refractivity contribution is -0.142. The van der Waals surface area contributed by atoms with Crippen molar-refractivity contribution in [2.24, 2.45) is 0 Å².